The number of benzene rings is 1. The third-order valence-corrected chi connectivity index (χ3v) is 5.02. The van der Waals surface area contributed by atoms with E-state index in [1.807, 2.05) is 17.9 Å². The summed E-state index contributed by atoms with van der Waals surface area (Å²) in [5, 5.41) is 25.2. The number of halogens is 1. The molecule has 0 radical (unpaired) electrons. The highest BCUT2D eigenvalue weighted by Gasteiger charge is 2.25. The number of hydrogen-bond acceptors (Lipinski definition) is 8. The minimum atomic E-state index is -0.528. The number of hydrogen-bond donors (Lipinski definition) is 4. The molecule has 1 saturated heterocycles. The number of carbonyl (C=O) groups excluding carboxylic acids is 1. The first-order valence-electron chi connectivity index (χ1n) is 9.73. The van der Waals surface area contributed by atoms with Crippen molar-refractivity contribution in [3.63, 3.8) is 0 Å². The molecule has 1 aromatic carbocycles. The van der Waals surface area contributed by atoms with E-state index in [0.717, 1.165) is 5.56 Å². The molecular weight excluding hydrogens is 410 g/mol. The smallest absolute Gasteiger partial charge is 0.318 e. The molecule has 0 saturated carbocycles. The van der Waals surface area contributed by atoms with Crippen molar-refractivity contribution >= 4 is 29.5 Å². The van der Waals surface area contributed by atoms with Gasteiger partial charge in [0, 0.05) is 37.2 Å². The zero-order chi connectivity index (χ0) is 21.5. The molecular formula is C19H26ClN7O3. The normalized spacial score (nSPS) is 16.1. The van der Waals surface area contributed by atoms with Crippen LogP contribution in [0, 0.1) is 0 Å². The number of aliphatic hydroxyl groups is 2. The van der Waals surface area contributed by atoms with Crippen molar-refractivity contribution in [1.82, 2.24) is 25.2 Å². The maximum absolute atomic E-state index is 12.7. The SMILES string of the molecule is CC(CO)Nc1ncnc(N2CCN(C(=O)N[C@H](CO)c3cccc(Cl)c3)CC2)n1. The molecule has 1 fully saturated rings. The maximum atomic E-state index is 12.7. The van der Waals surface area contributed by atoms with Gasteiger partial charge >= 0.3 is 6.03 Å². The van der Waals surface area contributed by atoms with Gasteiger partial charge in [0.05, 0.1) is 19.3 Å². The second-order valence-electron chi connectivity index (χ2n) is 7.05. The largest absolute Gasteiger partial charge is 0.394 e. The van der Waals surface area contributed by atoms with Crippen molar-refractivity contribution in [3.05, 3.63) is 41.2 Å². The fourth-order valence-electron chi connectivity index (χ4n) is 3.08. The topological polar surface area (TPSA) is 127 Å². The fourth-order valence-corrected chi connectivity index (χ4v) is 3.28. The van der Waals surface area contributed by atoms with E-state index in [2.05, 4.69) is 25.6 Å². The fraction of sp³-hybridized carbons (Fsp3) is 0.474. The maximum Gasteiger partial charge on any atom is 0.318 e. The molecule has 10 nitrogen and oxygen atoms in total. The van der Waals surface area contributed by atoms with Crippen LogP contribution in [-0.2, 0) is 0 Å². The molecule has 2 heterocycles. The van der Waals surface area contributed by atoms with Gasteiger partial charge < -0.3 is 30.6 Å². The van der Waals surface area contributed by atoms with E-state index in [0.29, 0.717) is 43.1 Å². The lowest BCUT2D eigenvalue weighted by atomic mass is 10.1. The second-order valence-corrected chi connectivity index (χ2v) is 7.49. The number of aromatic nitrogens is 3. The number of amides is 2. The van der Waals surface area contributed by atoms with Crippen LogP contribution < -0.4 is 15.5 Å². The molecule has 1 aliphatic rings. The Labute approximate surface area is 179 Å². The number of piperazine rings is 1. The van der Waals surface area contributed by atoms with Crippen LogP contribution in [0.3, 0.4) is 0 Å². The van der Waals surface area contributed by atoms with Crippen molar-refractivity contribution in [2.45, 2.75) is 19.0 Å². The molecule has 30 heavy (non-hydrogen) atoms. The lowest BCUT2D eigenvalue weighted by Gasteiger charge is -2.35. The van der Waals surface area contributed by atoms with Gasteiger partial charge in [-0.05, 0) is 24.6 Å². The van der Waals surface area contributed by atoms with Gasteiger partial charge in [-0.15, -0.1) is 0 Å². The number of nitrogens with zero attached hydrogens (tertiary/aromatic N) is 5. The van der Waals surface area contributed by atoms with Gasteiger partial charge in [0.25, 0.3) is 0 Å². The van der Waals surface area contributed by atoms with Crippen molar-refractivity contribution in [2.75, 3.05) is 49.6 Å². The molecule has 0 bridgehead atoms. The van der Waals surface area contributed by atoms with Crippen LogP contribution in [0.5, 0.6) is 0 Å². The number of carbonyl (C=O) groups is 1. The summed E-state index contributed by atoms with van der Waals surface area (Å²) < 4.78 is 0. The number of rotatable bonds is 7. The Bertz CT molecular complexity index is 848. The van der Waals surface area contributed by atoms with Gasteiger partial charge in [-0.3, -0.25) is 0 Å². The zero-order valence-corrected chi connectivity index (χ0v) is 17.5. The Morgan fingerprint density at radius 1 is 1.20 bits per heavy atom. The van der Waals surface area contributed by atoms with Crippen LogP contribution in [0.25, 0.3) is 0 Å². The van der Waals surface area contributed by atoms with Crippen LogP contribution in [0.15, 0.2) is 30.6 Å². The Morgan fingerprint density at radius 3 is 2.63 bits per heavy atom. The summed E-state index contributed by atoms with van der Waals surface area (Å²) in [6.45, 7) is 3.67. The molecule has 2 aromatic rings. The second kappa shape index (κ2) is 10.4. The van der Waals surface area contributed by atoms with E-state index in [4.69, 9.17) is 16.7 Å². The summed E-state index contributed by atoms with van der Waals surface area (Å²) in [5.41, 5.74) is 0.749. The number of anilines is 2. The molecule has 1 aliphatic heterocycles. The van der Waals surface area contributed by atoms with Gasteiger partial charge in [-0.2, -0.15) is 4.98 Å². The van der Waals surface area contributed by atoms with Crippen LogP contribution in [-0.4, -0.2) is 81.5 Å². The van der Waals surface area contributed by atoms with Crippen molar-refractivity contribution in [2.24, 2.45) is 0 Å². The Balaban J connectivity index is 1.56. The lowest BCUT2D eigenvalue weighted by molar-refractivity contribution is 0.179. The molecule has 2 atom stereocenters. The molecule has 162 valence electrons. The summed E-state index contributed by atoms with van der Waals surface area (Å²) in [5.74, 6) is 0.916. The summed E-state index contributed by atoms with van der Waals surface area (Å²) in [6.07, 6.45) is 1.42. The predicted molar refractivity (Wildman–Crippen MR) is 114 cm³/mol. The van der Waals surface area contributed by atoms with Crippen molar-refractivity contribution in [3.8, 4) is 0 Å². The highest BCUT2D eigenvalue weighted by atomic mass is 35.5. The molecule has 0 spiro atoms. The summed E-state index contributed by atoms with van der Waals surface area (Å²) in [4.78, 5) is 29.0. The monoisotopic (exact) mass is 435 g/mol. The quantitative estimate of drug-likeness (QED) is 0.505. The predicted octanol–water partition coefficient (Wildman–Crippen LogP) is 0.883. The third kappa shape index (κ3) is 5.68. The summed E-state index contributed by atoms with van der Waals surface area (Å²) in [7, 11) is 0. The van der Waals surface area contributed by atoms with Crippen molar-refractivity contribution in [1.29, 1.82) is 0 Å². The first-order valence-corrected chi connectivity index (χ1v) is 10.1. The van der Waals surface area contributed by atoms with Crippen molar-refractivity contribution < 1.29 is 15.0 Å². The number of urea groups is 1. The van der Waals surface area contributed by atoms with E-state index in [-0.39, 0.29) is 25.3 Å². The molecule has 1 unspecified atom stereocenters. The Hall–Kier alpha value is -2.69. The van der Waals surface area contributed by atoms with Gasteiger partial charge in [0.2, 0.25) is 11.9 Å². The Morgan fingerprint density at radius 2 is 1.97 bits per heavy atom. The first-order chi connectivity index (χ1) is 14.5. The van der Waals surface area contributed by atoms with Crippen LogP contribution in [0.4, 0.5) is 16.7 Å². The van der Waals surface area contributed by atoms with Crippen LogP contribution in [0.2, 0.25) is 5.02 Å². The summed E-state index contributed by atoms with van der Waals surface area (Å²) >= 11 is 6.01. The molecule has 2 amide bonds. The van der Waals surface area contributed by atoms with Gasteiger partial charge in [0.15, 0.2) is 0 Å². The molecule has 0 aliphatic carbocycles. The van der Waals surface area contributed by atoms with Crippen LogP contribution in [0.1, 0.15) is 18.5 Å². The van der Waals surface area contributed by atoms with Gasteiger partial charge in [0.1, 0.15) is 6.33 Å². The van der Waals surface area contributed by atoms with E-state index >= 15 is 0 Å². The lowest BCUT2D eigenvalue weighted by Crippen LogP contribution is -2.53. The minimum Gasteiger partial charge on any atom is -0.394 e. The third-order valence-electron chi connectivity index (χ3n) is 4.79. The van der Waals surface area contributed by atoms with E-state index in [9.17, 15) is 9.90 Å². The standard InChI is InChI=1S/C19H26ClN7O3/c1-13(10-28)23-17-21-12-22-18(25-17)26-5-7-27(8-6-26)19(30)24-16(11-29)14-3-2-4-15(20)9-14/h2-4,9,12-13,16,28-29H,5-8,10-11H2,1H3,(H,24,30)(H,21,22,23,25)/t13?,16-/m1/s1. The van der Waals surface area contributed by atoms with E-state index in [1.165, 1.54) is 6.33 Å². The van der Waals surface area contributed by atoms with Gasteiger partial charge in [-0.1, -0.05) is 23.7 Å². The highest BCUT2D eigenvalue weighted by Crippen LogP contribution is 2.18. The number of nitrogens with one attached hydrogen (secondary N) is 2. The molecule has 1 aromatic heterocycles. The molecule has 3 rings (SSSR count). The number of aliphatic hydroxyl groups excluding tert-OH is 2. The highest BCUT2D eigenvalue weighted by molar-refractivity contribution is 6.30. The minimum absolute atomic E-state index is 0.0289. The average Bonchev–Trinajstić information content (AvgIpc) is 2.77. The first kappa shape index (κ1) is 22.0. The Kier molecular flexibility index (Phi) is 7.61. The van der Waals surface area contributed by atoms with E-state index < -0.39 is 6.04 Å². The molecule has 4 N–H and O–H groups in total. The average molecular weight is 436 g/mol. The van der Waals surface area contributed by atoms with Gasteiger partial charge in [-0.25, -0.2) is 14.8 Å². The zero-order valence-electron chi connectivity index (χ0n) is 16.7. The van der Waals surface area contributed by atoms with Crippen LogP contribution >= 0.6 is 11.6 Å². The van der Waals surface area contributed by atoms with E-state index in [1.54, 1.807) is 23.1 Å². The summed E-state index contributed by atoms with van der Waals surface area (Å²) in [6, 6.07) is 6.13. The molecule has 11 heteroatoms.